The Morgan fingerprint density at radius 1 is 0.339 bits per heavy atom. The van der Waals surface area contributed by atoms with Crippen LogP contribution in [-0.4, -0.2) is 4.57 Å². The Morgan fingerprint density at radius 3 is 1.76 bits per heavy atom. The monoisotopic (exact) mass is 768 g/mol. The summed E-state index contributed by atoms with van der Waals surface area (Å²) in [7, 11) is 0. The van der Waals surface area contributed by atoms with Crippen molar-refractivity contribution in [3.05, 3.63) is 218 Å². The standard InChI is InChI=1S/C56H36N2S/c1-2-17-42(18-3-1)57(43-19-12-15-39(32-43)40-31-30-38-29-28-37-14-4-5-21-46(37)50(38)34-40)45-35-51(56-52(36-45)49-24-8-11-27-55(49)59-56)41-16-13-20-44(33-41)58-53-25-9-6-22-47(53)48-23-7-10-26-54(48)58/h1-36H. The molecule has 59 heavy (non-hydrogen) atoms. The summed E-state index contributed by atoms with van der Waals surface area (Å²) >= 11 is 1.88. The van der Waals surface area contributed by atoms with Gasteiger partial charge in [-0.25, -0.2) is 0 Å². The largest absolute Gasteiger partial charge is 0.310 e. The second kappa shape index (κ2) is 13.6. The van der Waals surface area contributed by atoms with Crippen LogP contribution in [0.25, 0.3) is 91.5 Å². The summed E-state index contributed by atoms with van der Waals surface area (Å²) in [6, 6.07) is 80.1. The van der Waals surface area contributed by atoms with Crippen LogP contribution in [0, 0.1) is 0 Å². The predicted molar refractivity (Wildman–Crippen MR) is 254 cm³/mol. The highest BCUT2D eigenvalue weighted by molar-refractivity contribution is 7.26. The van der Waals surface area contributed by atoms with Gasteiger partial charge in [0.25, 0.3) is 0 Å². The highest BCUT2D eigenvalue weighted by atomic mass is 32.1. The SMILES string of the molecule is c1ccc(N(c2cccc(-c3ccc4ccc5ccccc5c4c3)c2)c2cc(-c3cccc(-n4c5ccccc5c5ccccc54)c3)c3sc4ccccc4c3c2)cc1. The predicted octanol–water partition coefficient (Wildman–Crippen LogP) is 16.3. The quantitative estimate of drug-likeness (QED) is 0.153. The van der Waals surface area contributed by atoms with E-state index in [1.54, 1.807) is 0 Å². The van der Waals surface area contributed by atoms with Crippen LogP contribution < -0.4 is 4.90 Å². The van der Waals surface area contributed by atoms with Gasteiger partial charge in [-0.15, -0.1) is 11.3 Å². The summed E-state index contributed by atoms with van der Waals surface area (Å²) in [5.41, 5.74) is 11.7. The van der Waals surface area contributed by atoms with Crippen molar-refractivity contribution in [1.29, 1.82) is 0 Å². The van der Waals surface area contributed by atoms with Crippen LogP contribution >= 0.6 is 11.3 Å². The van der Waals surface area contributed by atoms with Crippen molar-refractivity contribution in [2.24, 2.45) is 0 Å². The third-order valence-electron chi connectivity index (χ3n) is 11.9. The zero-order valence-electron chi connectivity index (χ0n) is 32.1. The van der Waals surface area contributed by atoms with Crippen LogP contribution in [-0.2, 0) is 0 Å². The average molecular weight is 769 g/mol. The number of hydrogen-bond donors (Lipinski definition) is 0. The summed E-state index contributed by atoms with van der Waals surface area (Å²) < 4.78 is 4.99. The first kappa shape index (κ1) is 33.7. The summed E-state index contributed by atoms with van der Waals surface area (Å²) in [5, 5.41) is 10.1. The molecule has 3 heteroatoms. The molecule has 0 atom stereocenters. The molecule has 276 valence electrons. The number of nitrogens with zero attached hydrogens (tertiary/aromatic N) is 2. The van der Waals surface area contributed by atoms with Gasteiger partial charge in [-0.3, -0.25) is 0 Å². The van der Waals surface area contributed by atoms with Crippen molar-refractivity contribution in [3.8, 4) is 27.9 Å². The van der Waals surface area contributed by atoms with Crippen molar-refractivity contribution >= 4 is 91.9 Å². The molecule has 10 aromatic carbocycles. The molecular weight excluding hydrogens is 733 g/mol. The Labute approximate surface area is 346 Å². The van der Waals surface area contributed by atoms with Gasteiger partial charge in [-0.2, -0.15) is 0 Å². The van der Waals surface area contributed by atoms with E-state index in [-0.39, 0.29) is 0 Å². The lowest BCUT2D eigenvalue weighted by Crippen LogP contribution is -2.10. The van der Waals surface area contributed by atoms with Crippen LogP contribution in [0.2, 0.25) is 0 Å². The third kappa shape index (κ3) is 5.55. The summed E-state index contributed by atoms with van der Waals surface area (Å²) in [6.07, 6.45) is 0. The van der Waals surface area contributed by atoms with E-state index in [0.717, 1.165) is 22.7 Å². The molecule has 0 aliphatic heterocycles. The number of thiophene rings is 1. The maximum atomic E-state index is 2.42. The summed E-state index contributed by atoms with van der Waals surface area (Å²) in [4.78, 5) is 2.42. The molecule has 0 fully saturated rings. The van der Waals surface area contributed by atoms with Crippen LogP contribution in [0.1, 0.15) is 0 Å². The van der Waals surface area contributed by atoms with E-state index in [9.17, 15) is 0 Å². The van der Waals surface area contributed by atoms with Gasteiger partial charge in [-0.1, -0.05) is 146 Å². The second-order valence-electron chi connectivity index (χ2n) is 15.3. The first-order chi connectivity index (χ1) is 29.2. The van der Waals surface area contributed by atoms with Crippen molar-refractivity contribution in [2.75, 3.05) is 4.90 Å². The normalized spacial score (nSPS) is 11.7. The minimum Gasteiger partial charge on any atom is -0.310 e. The maximum absolute atomic E-state index is 2.42. The Bertz CT molecular complexity index is 3520. The second-order valence-corrected chi connectivity index (χ2v) is 16.4. The molecule has 0 saturated heterocycles. The van der Waals surface area contributed by atoms with E-state index in [4.69, 9.17) is 0 Å². The fraction of sp³-hybridized carbons (Fsp3) is 0. The van der Waals surface area contributed by atoms with Gasteiger partial charge in [0.2, 0.25) is 0 Å². The van der Waals surface area contributed by atoms with Gasteiger partial charge in [0.15, 0.2) is 0 Å². The van der Waals surface area contributed by atoms with E-state index in [1.165, 1.54) is 85.8 Å². The fourth-order valence-electron chi connectivity index (χ4n) is 9.20. The highest BCUT2D eigenvalue weighted by Gasteiger charge is 2.20. The first-order valence-corrected chi connectivity index (χ1v) is 21.0. The zero-order valence-corrected chi connectivity index (χ0v) is 32.9. The number of benzene rings is 10. The molecule has 0 saturated carbocycles. The van der Waals surface area contributed by atoms with Gasteiger partial charge >= 0.3 is 0 Å². The summed E-state index contributed by atoms with van der Waals surface area (Å²) in [6.45, 7) is 0. The fourth-order valence-corrected chi connectivity index (χ4v) is 10.4. The molecule has 0 bridgehead atoms. The van der Waals surface area contributed by atoms with Crippen molar-refractivity contribution in [2.45, 2.75) is 0 Å². The molecule has 0 unspecified atom stereocenters. The van der Waals surface area contributed by atoms with E-state index in [0.29, 0.717) is 0 Å². The topological polar surface area (TPSA) is 8.17 Å². The minimum atomic E-state index is 1.11. The van der Waals surface area contributed by atoms with Crippen LogP contribution in [0.15, 0.2) is 218 Å². The number of para-hydroxylation sites is 3. The van der Waals surface area contributed by atoms with Gasteiger partial charge in [0, 0.05) is 59.3 Å². The lowest BCUT2D eigenvalue weighted by Gasteiger charge is -2.27. The molecule has 2 aromatic heterocycles. The Kier molecular flexibility index (Phi) is 7.75. The molecule has 0 N–H and O–H groups in total. The number of rotatable bonds is 6. The van der Waals surface area contributed by atoms with Gasteiger partial charge in [-0.05, 0) is 111 Å². The van der Waals surface area contributed by atoms with E-state index in [2.05, 4.69) is 228 Å². The van der Waals surface area contributed by atoms with E-state index < -0.39 is 0 Å². The van der Waals surface area contributed by atoms with Gasteiger partial charge in [0.05, 0.1) is 11.0 Å². The first-order valence-electron chi connectivity index (χ1n) is 20.2. The lowest BCUT2D eigenvalue weighted by molar-refractivity contribution is 1.18. The van der Waals surface area contributed by atoms with Gasteiger partial charge < -0.3 is 9.47 Å². The highest BCUT2D eigenvalue weighted by Crippen LogP contribution is 2.46. The van der Waals surface area contributed by atoms with E-state index >= 15 is 0 Å². The zero-order chi connectivity index (χ0) is 38.9. The van der Waals surface area contributed by atoms with Crippen molar-refractivity contribution in [3.63, 3.8) is 0 Å². The minimum absolute atomic E-state index is 1.11. The molecule has 12 aromatic rings. The van der Waals surface area contributed by atoms with Crippen LogP contribution in [0.5, 0.6) is 0 Å². The smallest absolute Gasteiger partial charge is 0.0541 e. The van der Waals surface area contributed by atoms with Crippen LogP contribution in [0.3, 0.4) is 0 Å². The molecule has 0 aliphatic rings. The molecule has 0 aliphatic carbocycles. The number of hydrogen-bond acceptors (Lipinski definition) is 2. The van der Waals surface area contributed by atoms with Crippen molar-refractivity contribution in [1.82, 2.24) is 4.57 Å². The average Bonchev–Trinajstić information content (AvgIpc) is 3.85. The third-order valence-corrected chi connectivity index (χ3v) is 13.1. The Morgan fingerprint density at radius 2 is 0.949 bits per heavy atom. The van der Waals surface area contributed by atoms with Gasteiger partial charge in [0.1, 0.15) is 0 Å². The van der Waals surface area contributed by atoms with E-state index in [1.807, 2.05) is 11.3 Å². The summed E-state index contributed by atoms with van der Waals surface area (Å²) in [5.74, 6) is 0. The molecule has 0 amide bonds. The lowest BCUT2D eigenvalue weighted by atomic mass is 9.96. The van der Waals surface area contributed by atoms with Crippen LogP contribution in [0.4, 0.5) is 17.1 Å². The Balaban J connectivity index is 1.06. The number of aromatic nitrogens is 1. The molecular formula is C56H36N2S. The Hall–Kier alpha value is -7.46. The molecule has 12 rings (SSSR count). The molecule has 0 spiro atoms. The maximum Gasteiger partial charge on any atom is 0.0541 e. The molecule has 2 nitrogen and oxygen atoms in total. The molecule has 2 heterocycles. The molecule has 0 radical (unpaired) electrons. The number of anilines is 3. The van der Waals surface area contributed by atoms with Crippen molar-refractivity contribution < 1.29 is 0 Å². The number of fused-ring (bicyclic) bond motifs is 9.